The highest BCUT2D eigenvalue weighted by Gasteiger charge is 2.28. The van der Waals surface area contributed by atoms with Crippen LogP contribution in [0.1, 0.15) is 15.9 Å². The van der Waals surface area contributed by atoms with Crippen LogP contribution in [0.2, 0.25) is 0 Å². The lowest BCUT2D eigenvalue weighted by Crippen LogP contribution is -2.38. The second-order valence-electron chi connectivity index (χ2n) is 5.51. The summed E-state index contributed by atoms with van der Waals surface area (Å²) in [5, 5.41) is 20.1. The number of hydrogen-bond acceptors (Lipinski definition) is 6. The van der Waals surface area contributed by atoms with Gasteiger partial charge in [-0.25, -0.2) is 4.79 Å². The molecule has 1 aliphatic rings. The lowest BCUT2D eigenvalue weighted by Gasteiger charge is -2.30. The molecule has 0 aliphatic carbocycles. The molecule has 2 aromatic rings. The van der Waals surface area contributed by atoms with Gasteiger partial charge in [-0.1, -0.05) is 0 Å². The van der Waals surface area contributed by atoms with Crippen molar-refractivity contribution in [3.8, 4) is 11.5 Å². The minimum atomic E-state index is -1.11. The fourth-order valence-electron chi connectivity index (χ4n) is 2.68. The molecule has 1 heterocycles. The number of nitrogens with zero attached hydrogens (tertiary/aromatic N) is 2. The van der Waals surface area contributed by atoms with Gasteiger partial charge in [0.2, 0.25) is 0 Å². The van der Waals surface area contributed by atoms with E-state index in [4.69, 9.17) is 14.6 Å². The number of methoxy groups -OCH3 is 1. The molecule has 0 fully saturated rings. The van der Waals surface area contributed by atoms with Gasteiger partial charge in [-0.2, -0.15) is 0 Å². The summed E-state index contributed by atoms with van der Waals surface area (Å²) >= 11 is 0. The molecular formula is C17H14N2O7. The van der Waals surface area contributed by atoms with E-state index in [1.54, 1.807) is 0 Å². The van der Waals surface area contributed by atoms with E-state index in [1.165, 1.54) is 48.4 Å². The Morgan fingerprint density at radius 1 is 1.35 bits per heavy atom. The third-order valence-electron chi connectivity index (χ3n) is 3.95. The normalized spacial score (nSPS) is 13.0. The highest BCUT2D eigenvalue weighted by Crippen LogP contribution is 2.35. The van der Waals surface area contributed by atoms with Crippen molar-refractivity contribution >= 4 is 23.3 Å². The summed E-state index contributed by atoms with van der Waals surface area (Å²) in [5.74, 6) is -0.804. The molecule has 26 heavy (non-hydrogen) atoms. The van der Waals surface area contributed by atoms with Crippen molar-refractivity contribution in [2.45, 2.75) is 6.54 Å². The van der Waals surface area contributed by atoms with Crippen LogP contribution in [0.5, 0.6) is 11.5 Å². The molecule has 1 N–H and O–H groups in total. The molecule has 9 heteroatoms. The Kier molecular flexibility index (Phi) is 4.44. The molecule has 1 amide bonds. The number of rotatable bonds is 5. The first-order chi connectivity index (χ1) is 12.4. The lowest BCUT2D eigenvalue weighted by molar-refractivity contribution is -0.384. The largest absolute Gasteiger partial charge is 0.496 e. The summed E-state index contributed by atoms with van der Waals surface area (Å²) in [6, 6.07) is 8.29. The number of hydrogen-bond donors (Lipinski definition) is 1. The number of fused-ring (bicyclic) bond motifs is 1. The molecule has 134 valence electrons. The zero-order chi connectivity index (χ0) is 18.8. The van der Waals surface area contributed by atoms with Crippen LogP contribution in [0.3, 0.4) is 0 Å². The number of nitro benzene ring substituents is 1. The summed E-state index contributed by atoms with van der Waals surface area (Å²) in [7, 11) is 1.43. The molecule has 0 unspecified atom stereocenters. The number of aromatic carboxylic acids is 1. The molecule has 3 rings (SSSR count). The van der Waals surface area contributed by atoms with Crippen molar-refractivity contribution in [2.24, 2.45) is 0 Å². The molecule has 0 bridgehead atoms. The average Bonchev–Trinajstić information content (AvgIpc) is 2.63. The molecule has 1 aliphatic heterocycles. The van der Waals surface area contributed by atoms with Crippen LogP contribution in [0.25, 0.3) is 0 Å². The van der Waals surface area contributed by atoms with Gasteiger partial charge in [-0.3, -0.25) is 14.9 Å². The van der Waals surface area contributed by atoms with Crippen LogP contribution >= 0.6 is 0 Å². The van der Waals surface area contributed by atoms with E-state index in [1.807, 2.05) is 0 Å². The summed E-state index contributed by atoms with van der Waals surface area (Å²) in [5.41, 5.74) is 0.749. The first-order valence-corrected chi connectivity index (χ1v) is 7.52. The van der Waals surface area contributed by atoms with Crippen LogP contribution in [0, 0.1) is 10.1 Å². The Hall–Kier alpha value is -3.62. The minimum absolute atomic E-state index is 0.0203. The van der Waals surface area contributed by atoms with E-state index in [0.29, 0.717) is 17.0 Å². The third-order valence-corrected chi connectivity index (χ3v) is 3.95. The summed E-state index contributed by atoms with van der Waals surface area (Å²) in [6.07, 6.45) is 0. The van der Waals surface area contributed by atoms with E-state index < -0.39 is 10.9 Å². The standard InChI is InChI=1S/C17H14N2O7/c1-25-14-5-3-12(19(23)24)6-11(14)8-18-13-4-2-10(17(21)22)7-15(13)26-9-16(18)20/h2-7H,8-9H2,1H3,(H,21,22). The second-order valence-corrected chi connectivity index (χ2v) is 5.51. The number of amides is 1. The highest BCUT2D eigenvalue weighted by atomic mass is 16.6. The first-order valence-electron chi connectivity index (χ1n) is 7.52. The van der Waals surface area contributed by atoms with Crippen LogP contribution < -0.4 is 14.4 Å². The van der Waals surface area contributed by atoms with E-state index >= 15 is 0 Å². The Balaban J connectivity index is 2.00. The topological polar surface area (TPSA) is 119 Å². The van der Waals surface area contributed by atoms with Gasteiger partial charge in [0.1, 0.15) is 11.5 Å². The quantitative estimate of drug-likeness (QED) is 0.643. The Bertz CT molecular complexity index is 910. The zero-order valence-electron chi connectivity index (χ0n) is 13.7. The smallest absolute Gasteiger partial charge is 0.335 e. The van der Waals surface area contributed by atoms with Gasteiger partial charge in [0.25, 0.3) is 11.6 Å². The van der Waals surface area contributed by atoms with E-state index in [2.05, 4.69) is 0 Å². The molecule has 0 aromatic heterocycles. The number of ether oxygens (including phenoxy) is 2. The zero-order valence-corrected chi connectivity index (χ0v) is 13.7. The number of benzene rings is 2. The van der Waals surface area contributed by atoms with Gasteiger partial charge < -0.3 is 19.5 Å². The summed E-state index contributed by atoms with van der Waals surface area (Å²) in [4.78, 5) is 35.3. The van der Waals surface area contributed by atoms with Crippen molar-refractivity contribution in [1.29, 1.82) is 0 Å². The monoisotopic (exact) mass is 358 g/mol. The molecule has 0 saturated carbocycles. The molecular weight excluding hydrogens is 344 g/mol. The van der Waals surface area contributed by atoms with Crippen LogP contribution in [-0.2, 0) is 11.3 Å². The van der Waals surface area contributed by atoms with Crippen molar-refractivity contribution in [2.75, 3.05) is 18.6 Å². The lowest BCUT2D eigenvalue weighted by atomic mass is 10.1. The maximum atomic E-state index is 12.3. The van der Waals surface area contributed by atoms with Crippen molar-refractivity contribution < 1.29 is 29.1 Å². The van der Waals surface area contributed by atoms with Crippen molar-refractivity contribution in [3.05, 3.63) is 57.6 Å². The molecule has 0 spiro atoms. The van der Waals surface area contributed by atoms with E-state index in [0.717, 1.165) is 0 Å². The van der Waals surface area contributed by atoms with Crippen LogP contribution in [0.15, 0.2) is 36.4 Å². The number of carbonyl (C=O) groups excluding carboxylic acids is 1. The molecule has 9 nitrogen and oxygen atoms in total. The second kappa shape index (κ2) is 6.71. The number of non-ortho nitro benzene ring substituents is 1. The van der Waals surface area contributed by atoms with Crippen LogP contribution in [-0.4, -0.2) is 35.6 Å². The highest BCUT2D eigenvalue weighted by molar-refractivity contribution is 5.99. The van der Waals surface area contributed by atoms with Crippen molar-refractivity contribution in [1.82, 2.24) is 0 Å². The molecule has 2 aromatic carbocycles. The Morgan fingerprint density at radius 2 is 2.12 bits per heavy atom. The van der Waals surface area contributed by atoms with Gasteiger partial charge in [0.15, 0.2) is 6.61 Å². The van der Waals surface area contributed by atoms with Crippen molar-refractivity contribution in [3.63, 3.8) is 0 Å². The molecule has 0 saturated heterocycles. The van der Waals surface area contributed by atoms with E-state index in [9.17, 15) is 19.7 Å². The van der Waals surface area contributed by atoms with Gasteiger partial charge >= 0.3 is 5.97 Å². The average molecular weight is 358 g/mol. The predicted molar refractivity (Wildman–Crippen MR) is 89.7 cm³/mol. The number of carbonyl (C=O) groups is 2. The maximum absolute atomic E-state index is 12.3. The summed E-state index contributed by atoms with van der Waals surface area (Å²) < 4.78 is 10.5. The van der Waals surface area contributed by atoms with Gasteiger partial charge in [0, 0.05) is 17.7 Å². The van der Waals surface area contributed by atoms with E-state index in [-0.39, 0.29) is 36.1 Å². The van der Waals surface area contributed by atoms with Gasteiger partial charge in [-0.05, 0) is 24.3 Å². The van der Waals surface area contributed by atoms with Gasteiger partial charge in [0.05, 0.1) is 29.8 Å². The number of nitro groups is 1. The van der Waals surface area contributed by atoms with Gasteiger partial charge in [-0.15, -0.1) is 0 Å². The Morgan fingerprint density at radius 3 is 2.77 bits per heavy atom. The molecule has 0 radical (unpaired) electrons. The predicted octanol–water partition coefficient (Wildman–Crippen LogP) is 2.23. The fraction of sp³-hybridized carbons (Fsp3) is 0.176. The summed E-state index contributed by atoms with van der Waals surface area (Å²) in [6.45, 7) is -0.236. The third kappa shape index (κ3) is 3.14. The minimum Gasteiger partial charge on any atom is -0.496 e. The number of carboxylic acids is 1. The number of anilines is 1. The first kappa shape index (κ1) is 17.2. The van der Waals surface area contributed by atoms with Crippen LogP contribution in [0.4, 0.5) is 11.4 Å². The fourth-order valence-corrected chi connectivity index (χ4v) is 2.68. The number of carboxylic acid groups (broad SMARTS) is 1. The SMILES string of the molecule is COc1ccc([N+](=O)[O-])cc1CN1C(=O)COc2cc(C(=O)O)ccc21. The maximum Gasteiger partial charge on any atom is 0.335 e. The molecule has 0 atom stereocenters. The Labute approximate surface area is 147 Å².